The molecule has 2 amide bonds. The molecular weight excluding hydrogens is 468 g/mol. The van der Waals surface area contributed by atoms with Crippen LogP contribution in [0.1, 0.15) is 53.6 Å². The van der Waals surface area contributed by atoms with Crippen molar-refractivity contribution >= 4 is 29.0 Å². The maximum Gasteiger partial charge on any atom is 0.255 e. The topological polar surface area (TPSA) is 121 Å². The second-order valence-electron chi connectivity index (χ2n) is 9.12. The van der Waals surface area contributed by atoms with Crippen molar-refractivity contribution in [2.75, 3.05) is 10.6 Å². The summed E-state index contributed by atoms with van der Waals surface area (Å²) < 4.78 is 7.58. The Morgan fingerprint density at radius 1 is 1.16 bits per heavy atom. The van der Waals surface area contributed by atoms with Gasteiger partial charge in [-0.05, 0) is 61.6 Å². The summed E-state index contributed by atoms with van der Waals surface area (Å²) in [5, 5.41) is 19.5. The first-order chi connectivity index (χ1) is 17.9. The molecule has 186 valence electrons. The molecule has 1 atom stereocenters. The number of nitrogens with one attached hydrogen (secondary N) is 2. The zero-order chi connectivity index (χ0) is 25.9. The predicted molar refractivity (Wildman–Crippen MR) is 139 cm³/mol. The lowest BCUT2D eigenvalue weighted by Gasteiger charge is -2.12. The molecule has 4 aromatic rings. The molecule has 0 saturated heterocycles. The number of imidazole rings is 1. The monoisotopic (exact) mass is 494 g/mol. The van der Waals surface area contributed by atoms with Gasteiger partial charge in [0.2, 0.25) is 11.8 Å². The first-order valence-electron chi connectivity index (χ1n) is 12.2. The highest BCUT2D eigenvalue weighted by molar-refractivity contribution is 6.04. The molecule has 0 bridgehead atoms. The predicted octanol–water partition coefficient (Wildman–Crippen LogP) is 5.45. The maximum absolute atomic E-state index is 12.9. The zero-order valence-electron chi connectivity index (χ0n) is 20.6. The smallest absolute Gasteiger partial charge is 0.255 e. The number of hydrogen-bond acceptors (Lipinski definition) is 6. The van der Waals surface area contributed by atoms with Gasteiger partial charge in [0, 0.05) is 29.3 Å². The Morgan fingerprint density at radius 3 is 2.76 bits per heavy atom. The Hall–Kier alpha value is -4.71. The number of aromatic nitrogens is 3. The van der Waals surface area contributed by atoms with E-state index in [1.54, 1.807) is 53.2 Å². The van der Waals surface area contributed by atoms with Gasteiger partial charge in [-0.3, -0.25) is 9.59 Å². The van der Waals surface area contributed by atoms with Crippen molar-refractivity contribution in [2.45, 2.75) is 39.0 Å². The number of rotatable bonds is 8. The van der Waals surface area contributed by atoms with Crippen molar-refractivity contribution < 1.29 is 14.3 Å². The van der Waals surface area contributed by atoms with E-state index in [9.17, 15) is 14.9 Å². The van der Waals surface area contributed by atoms with Crippen LogP contribution in [0.4, 0.5) is 11.5 Å². The van der Waals surface area contributed by atoms with Gasteiger partial charge in [-0.25, -0.2) is 9.50 Å². The molecule has 9 nitrogen and oxygen atoms in total. The summed E-state index contributed by atoms with van der Waals surface area (Å²) in [6, 6.07) is 18.2. The number of amides is 2. The van der Waals surface area contributed by atoms with E-state index in [1.165, 1.54) is 0 Å². The first-order valence-corrected chi connectivity index (χ1v) is 12.2. The van der Waals surface area contributed by atoms with Crippen molar-refractivity contribution in [3.05, 3.63) is 77.5 Å². The Labute approximate surface area is 214 Å². The van der Waals surface area contributed by atoms with E-state index in [-0.39, 0.29) is 23.7 Å². The van der Waals surface area contributed by atoms with Crippen LogP contribution >= 0.6 is 0 Å². The molecule has 1 unspecified atom stereocenters. The minimum absolute atomic E-state index is 0.0173. The lowest BCUT2D eigenvalue weighted by Crippen LogP contribution is -2.13. The highest BCUT2D eigenvalue weighted by Gasteiger charge is 2.30. The van der Waals surface area contributed by atoms with Crippen molar-refractivity contribution in [2.24, 2.45) is 5.92 Å². The average molecular weight is 495 g/mol. The number of anilines is 2. The molecule has 1 saturated carbocycles. The molecule has 2 aromatic carbocycles. The summed E-state index contributed by atoms with van der Waals surface area (Å²) in [7, 11) is 0. The van der Waals surface area contributed by atoms with Crippen LogP contribution in [0.3, 0.4) is 0 Å². The lowest BCUT2D eigenvalue weighted by atomic mass is 9.96. The number of ether oxygens (including phenoxy) is 1. The maximum atomic E-state index is 12.9. The van der Waals surface area contributed by atoms with Crippen LogP contribution in [0, 0.1) is 24.2 Å². The number of carbonyl (C=O) groups excluding carboxylic acids is 2. The molecule has 1 fully saturated rings. The van der Waals surface area contributed by atoms with Crippen LogP contribution in [0.5, 0.6) is 11.6 Å². The number of carbonyl (C=O) groups is 2. The summed E-state index contributed by atoms with van der Waals surface area (Å²) in [6.45, 7) is 3.85. The Kier molecular flexibility index (Phi) is 6.56. The summed E-state index contributed by atoms with van der Waals surface area (Å²) in [6.07, 6.45) is 4.16. The zero-order valence-corrected chi connectivity index (χ0v) is 20.6. The molecule has 9 heteroatoms. The molecule has 0 radical (unpaired) electrons. The van der Waals surface area contributed by atoms with E-state index >= 15 is 0 Å². The SMILES string of the molecule is CCC(C#N)c1cccc(C(=O)Nc2ccc(C)c(Oc3ccc4nc(NC(=O)C5CC5)cn4n3)c2)c1. The highest BCUT2D eigenvalue weighted by atomic mass is 16.5. The molecule has 2 heterocycles. The van der Waals surface area contributed by atoms with Gasteiger partial charge in [0.1, 0.15) is 5.75 Å². The van der Waals surface area contributed by atoms with Crippen LogP contribution in [-0.4, -0.2) is 26.4 Å². The molecule has 37 heavy (non-hydrogen) atoms. The number of nitriles is 1. The van der Waals surface area contributed by atoms with Gasteiger partial charge < -0.3 is 15.4 Å². The fraction of sp³-hybridized carbons (Fsp3) is 0.250. The van der Waals surface area contributed by atoms with E-state index in [0.29, 0.717) is 40.8 Å². The van der Waals surface area contributed by atoms with Gasteiger partial charge in [-0.15, -0.1) is 5.10 Å². The Balaban J connectivity index is 1.31. The Bertz CT molecular complexity index is 1530. The quantitative estimate of drug-likeness (QED) is 0.336. The third-order valence-corrected chi connectivity index (χ3v) is 6.27. The van der Waals surface area contributed by atoms with Crippen LogP contribution in [0.25, 0.3) is 5.65 Å². The minimum atomic E-state index is -0.275. The standard InChI is InChI=1S/C28H26N6O3/c1-3-18(15-29)20-5-4-6-21(13-20)28(36)30-22-10-7-17(2)23(14-22)37-26-12-11-25-31-24(16-34(25)33-26)32-27(35)19-8-9-19/h4-7,10-14,16,18-19H,3,8-9H2,1-2H3,(H,30,36)(H,32,35). The first kappa shape index (κ1) is 24.0. The van der Waals surface area contributed by atoms with Crippen molar-refractivity contribution in [1.82, 2.24) is 14.6 Å². The van der Waals surface area contributed by atoms with Crippen LogP contribution < -0.4 is 15.4 Å². The third-order valence-electron chi connectivity index (χ3n) is 6.27. The molecular formula is C28H26N6O3. The molecule has 1 aliphatic rings. The van der Waals surface area contributed by atoms with E-state index in [0.717, 1.165) is 24.0 Å². The lowest BCUT2D eigenvalue weighted by molar-refractivity contribution is -0.117. The molecule has 2 N–H and O–H groups in total. The van der Waals surface area contributed by atoms with Crippen molar-refractivity contribution in [3.8, 4) is 17.7 Å². The van der Waals surface area contributed by atoms with Crippen LogP contribution in [-0.2, 0) is 4.79 Å². The third kappa shape index (κ3) is 5.43. The van der Waals surface area contributed by atoms with Gasteiger partial charge in [-0.2, -0.15) is 5.26 Å². The molecule has 0 aliphatic heterocycles. The highest BCUT2D eigenvalue weighted by Crippen LogP contribution is 2.30. The van der Waals surface area contributed by atoms with E-state index in [1.807, 2.05) is 26.0 Å². The van der Waals surface area contributed by atoms with Crippen LogP contribution in [0.2, 0.25) is 0 Å². The van der Waals surface area contributed by atoms with E-state index < -0.39 is 0 Å². The fourth-order valence-electron chi connectivity index (χ4n) is 3.95. The summed E-state index contributed by atoms with van der Waals surface area (Å²) in [4.78, 5) is 29.3. The van der Waals surface area contributed by atoms with Gasteiger partial charge >= 0.3 is 0 Å². The molecule has 1 aliphatic carbocycles. The van der Waals surface area contributed by atoms with Gasteiger partial charge in [0.25, 0.3) is 5.91 Å². The number of hydrogen-bond donors (Lipinski definition) is 2. The normalized spacial score (nSPS) is 13.5. The second kappa shape index (κ2) is 10.1. The van der Waals surface area contributed by atoms with Gasteiger partial charge in [0.15, 0.2) is 11.5 Å². The number of nitrogens with zero attached hydrogens (tertiary/aromatic N) is 4. The second-order valence-corrected chi connectivity index (χ2v) is 9.12. The summed E-state index contributed by atoms with van der Waals surface area (Å²) in [5.41, 5.74) is 3.31. The average Bonchev–Trinajstić information content (AvgIpc) is 3.68. The summed E-state index contributed by atoms with van der Waals surface area (Å²) >= 11 is 0. The fourth-order valence-corrected chi connectivity index (χ4v) is 3.95. The summed E-state index contributed by atoms with van der Waals surface area (Å²) in [5.74, 6) is 0.869. The van der Waals surface area contributed by atoms with E-state index in [4.69, 9.17) is 4.74 Å². The molecule has 5 rings (SSSR count). The van der Waals surface area contributed by atoms with Gasteiger partial charge in [-0.1, -0.05) is 25.1 Å². The number of fused-ring (bicyclic) bond motifs is 1. The molecule has 0 spiro atoms. The number of aryl methyl sites for hydroxylation is 1. The van der Waals surface area contributed by atoms with Crippen molar-refractivity contribution in [1.29, 1.82) is 5.26 Å². The minimum Gasteiger partial charge on any atom is -0.437 e. The van der Waals surface area contributed by atoms with Gasteiger partial charge in [0.05, 0.1) is 18.2 Å². The Morgan fingerprint density at radius 2 is 2.00 bits per heavy atom. The van der Waals surface area contributed by atoms with Crippen LogP contribution in [0.15, 0.2) is 60.8 Å². The van der Waals surface area contributed by atoms with Crippen molar-refractivity contribution in [3.63, 3.8) is 0 Å². The largest absolute Gasteiger partial charge is 0.437 e. The molecule has 2 aromatic heterocycles. The van der Waals surface area contributed by atoms with E-state index in [2.05, 4.69) is 26.8 Å². The number of benzene rings is 2.